The number of likely N-dealkylation sites (tertiary alicyclic amines) is 1. The Morgan fingerprint density at radius 2 is 1.73 bits per heavy atom. The van der Waals surface area contributed by atoms with Crippen LogP contribution in [-0.4, -0.2) is 30.0 Å². The van der Waals surface area contributed by atoms with E-state index in [1.807, 2.05) is 37.3 Å². The fraction of sp³-hybridized carbons (Fsp3) is 0.409. The van der Waals surface area contributed by atoms with Crippen molar-refractivity contribution in [3.05, 3.63) is 65.2 Å². The average Bonchev–Trinajstić information content (AvgIpc) is 3.15. The van der Waals surface area contributed by atoms with Gasteiger partial charge in [-0.1, -0.05) is 42.5 Å². The molecule has 1 atom stereocenters. The summed E-state index contributed by atoms with van der Waals surface area (Å²) in [5.41, 5.74) is 3.50. The lowest BCUT2D eigenvalue weighted by molar-refractivity contribution is -0.127. The summed E-state index contributed by atoms with van der Waals surface area (Å²) in [6, 6.07) is 16.1. The van der Waals surface area contributed by atoms with Gasteiger partial charge in [-0.2, -0.15) is 0 Å². The van der Waals surface area contributed by atoms with Crippen LogP contribution >= 0.6 is 0 Å². The van der Waals surface area contributed by atoms with E-state index in [9.17, 15) is 4.79 Å². The number of carbonyl (C=O) groups excluding carboxylic acids is 1. The van der Waals surface area contributed by atoms with Gasteiger partial charge in [0.15, 0.2) is 6.10 Å². The van der Waals surface area contributed by atoms with Gasteiger partial charge in [0.25, 0.3) is 5.91 Å². The molecule has 1 saturated heterocycles. The molecule has 1 fully saturated rings. The van der Waals surface area contributed by atoms with Crippen LogP contribution in [0.15, 0.2) is 48.5 Å². The number of benzene rings is 2. The van der Waals surface area contributed by atoms with Crippen molar-refractivity contribution in [3.8, 4) is 5.75 Å². The number of carbonyl (C=O) groups is 1. The van der Waals surface area contributed by atoms with Crippen LogP contribution < -0.4 is 10.1 Å². The summed E-state index contributed by atoms with van der Waals surface area (Å²) in [5, 5.41) is 3.02. The third-order valence-corrected chi connectivity index (χ3v) is 4.93. The van der Waals surface area contributed by atoms with Gasteiger partial charge in [0.1, 0.15) is 5.75 Å². The molecule has 0 spiro atoms. The number of nitrogens with one attached hydrogen (secondary N) is 1. The summed E-state index contributed by atoms with van der Waals surface area (Å²) >= 11 is 0. The number of hydrogen-bond acceptors (Lipinski definition) is 3. The van der Waals surface area contributed by atoms with Gasteiger partial charge in [-0.3, -0.25) is 9.69 Å². The van der Waals surface area contributed by atoms with Gasteiger partial charge >= 0.3 is 0 Å². The zero-order chi connectivity index (χ0) is 18.4. The summed E-state index contributed by atoms with van der Waals surface area (Å²) < 4.78 is 5.81. The Labute approximate surface area is 156 Å². The minimum absolute atomic E-state index is 0.0933. The summed E-state index contributed by atoms with van der Waals surface area (Å²) in [4.78, 5) is 14.9. The maximum atomic E-state index is 12.4. The monoisotopic (exact) mass is 352 g/mol. The Bertz CT molecular complexity index is 738. The molecule has 0 aliphatic carbocycles. The smallest absolute Gasteiger partial charge is 0.261 e. The second-order valence-corrected chi connectivity index (χ2v) is 7.00. The van der Waals surface area contributed by atoms with Crippen molar-refractivity contribution in [3.63, 3.8) is 0 Å². The zero-order valence-corrected chi connectivity index (χ0v) is 15.7. The number of para-hydroxylation sites is 1. The Morgan fingerprint density at radius 1 is 1.08 bits per heavy atom. The lowest BCUT2D eigenvalue weighted by atomic mass is 10.1. The standard InChI is InChI=1S/C22H28N2O2/c1-17-9-3-6-12-21(17)26-18(2)22(25)23-15-19-10-4-5-11-20(19)16-24-13-7-8-14-24/h3-6,9-12,18H,7-8,13-16H2,1-2H3,(H,23,25)/t18-/m1/s1. The van der Waals surface area contributed by atoms with Crippen molar-refractivity contribution in [2.45, 2.75) is 45.9 Å². The summed E-state index contributed by atoms with van der Waals surface area (Å²) in [6.45, 7) is 7.60. The molecule has 138 valence electrons. The highest BCUT2D eigenvalue weighted by Gasteiger charge is 2.17. The predicted molar refractivity (Wildman–Crippen MR) is 104 cm³/mol. The highest BCUT2D eigenvalue weighted by Crippen LogP contribution is 2.18. The number of nitrogens with zero attached hydrogens (tertiary/aromatic N) is 1. The van der Waals surface area contributed by atoms with Crippen molar-refractivity contribution in [1.82, 2.24) is 10.2 Å². The molecule has 0 aromatic heterocycles. The van der Waals surface area contributed by atoms with Gasteiger partial charge in [-0.25, -0.2) is 0 Å². The van der Waals surface area contributed by atoms with Gasteiger partial charge in [0, 0.05) is 13.1 Å². The number of aryl methyl sites for hydroxylation is 1. The SMILES string of the molecule is Cc1ccccc1O[C@H](C)C(=O)NCc1ccccc1CN1CCCC1. The molecule has 1 amide bonds. The second kappa shape index (κ2) is 8.86. The first-order valence-corrected chi connectivity index (χ1v) is 9.42. The topological polar surface area (TPSA) is 41.6 Å². The van der Waals surface area contributed by atoms with Crippen LogP contribution in [0.4, 0.5) is 0 Å². The molecule has 1 heterocycles. The van der Waals surface area contributed by atoms with Crippen LogP contribution in [-0.2, 0) is 17.9 Å². The third-order valence-electron chi connectivity index (χ3n) is 4.93. The quantitative estimate of drug-likeness (QED) is 0.827. The molecule has 4 nitrogen and oxygen atoms in total. The Kier molecular flexibility index (Phi) is 6.29. The van der Waals surface area contributed by atoms with Crippen LogP contribution in [0.25, 0.3) is 0 Å². The van der Waals surface area contributed by atoms with Crippen molar-refractivity contribution in [2.24, 2.45) is 0 Å². The fourth-order valence-electron chi connectivity index (χ4n) is 3.32. The van der Waals surface area contributed by atoms with E-state index >= 15 is 0 Å². The number of ether oxygens (including phenoxy) is 1. The molecule has 1 aliphatic rings. The highest BCUT2D eigenvalue weighted by atomic mass is 16.5. The lowest BCUT2D eigenvalue weighted by Crippen LogP contribution is -2.36. The van der Waals surface area contributed by atoms with E-state index < -0.39 is 6.10 Å². The summed E-state index contributed by atoms with van der Waals surface area (Å²) in [7, 11) is 0. The van der Waals surface area contributed by atoms with E-state index in [4.69, 9.17) is 4.74 Å². The third kappa shape index (κ3) is 4.85. The first-order chi connectivity index (χ1) is 12.6. The molecule has 1 aliphatic heterocycles. The largest absolute Gasteiger partial charge is 0.481 e. The molecular formula is C22H28N2O2. The predicted octanol–water partition coefficient (Wildman–Crippen LogP) is 3.67. The molecule has 1 N–H and O–H groups in total. The van der Waals surface area contributed by atoms with E-state index in [0.717, 1.165) is 17.9 Å². The fourth-order valence-corrected chi connectivity index (χ4v) is 3.32. The van der Waals surface area contributed by atoms with Crippen LogP contribution in [0.3, 0.4) is 0 Å². The Balaban J connectivity index is 1.56. The van der Waals surface area contributed by atoms with Crippen LogP contribution in [0.2, 0.25) is 0 Å². The molecule has 0 unspecified atom stereocenters. The molecule has 3 rings (SSSR count). The van der Waals surface area contributed by atoms with Crippen molar-refractivity contribution in [1.29, 1.82) is 0 Å². The lowest BCUT2D eigenvalue weighted by Gasteiger charge is -2.19. The maximum Gasteiger partial charge on any atom is 0.261 e. The number of hydrogen-bond donors (Lipinski definition) is 1. The van der Waals surface area contributed by atoms with Gasteiger partial charge in [-0.05, 0) is 62.5 Å². The van der Waals surface area contributed by atoms with E-state index in [1.165, 1.54) is 37.1 Å². The minimum atomic E-state index is -0.526. The molecule has 26 heavy (non-hydrogen) atoms. The molecule has 0 radical (unpaired) electrons. The van der Waals surface area contributed by atoms with Crippen LogP contribution in [0.5, 0.6) is 5.75 Å². The van der Waals surface area contributed by atoms with Gasteiger partial charge in [-0.15, -0.1) is 0 Å². The van der Waals surface area contributed by atoms with Crippen molar-refractivity contribution < 1.29 is 9.53 Å². The zero-order valence-electron chi connectivity index (χ0n) is 15.7. The highest BCUT2D eigenvalue weighted by molar-refractivity contribution is 5.80. The molecule has 4 heteroatoms. The number of amides is 1. The summed E-state index contributed by atoms with van der Waals surface area (Å²) in [6.07, 6.45) is 2.04. The Hall–Kier alpha value is -2.33. The van der Waals surface area contributed by atoms with Gasteiger partial charge in [0.05, 0.1) is 0 Å². The van der Waals surface area contributed by atoms with Crippen molar-refractivity contribution in [2.75, 3.05) is 13.1 Å². The number of rotatable bonds is 7. The van der Waals surface area contributed by atoms with Crippen LogP contribution in [0.1, 0.15) is 36.5 Å². The van der Waals surface area contributed by atoms with E-state index in [0.29, 0.717) is 6.54 Å². The van der Waals surface area contributed by atoms with E-state index in [1.54, 1.807) is 6.92 Å². The van der Waals surface area contributed by atoms with Crippen LogP contribution in [0, 0.1) is 6.92 Å². The summed E-state index contributed by atoms with van der Waals surface area (Å²) in [5.74, 6) is 0.661. The first kappa shape index (κ1) is 18.5. The normalized spacial score (nSPS) is 15.6. The average molecular weight is 352 g/mol. The minimum Gasteiger partial charge on any atom is -0.481 e. The molecular weight excluding hydrogens is 324 g/mol. The van der Waals surface area contributed by atoms with E-state index in [2.05, 4.69) is 28.4 Å². The molecule has 2 aromatic rings. The molecule has 0 bridgehead atoms. The molecule has 0 saturated carbocycles. The van der Waals surface area contributed by atoms with E-state index in [-0.39, 0.29) is 5.91 Å². The first-order valence-electron chi connectivity index (χ1n) is 9.42. The van der Waals surface area contributed by atoms with Crippen molar-refractivity contribution >= 4 is 5.91 Å². The van der Waals surface area contributed by atoms with Gasteiger partial charge < -0.3 is 10.1 Å². The maximum absolute atomic E-state index is 12.4. The second-order valence-electron chi connectivity index (χ2n) is 7.00. The molecule has 2 aromatic carbocycles. The van der Waals surface area contributed by atoms with Gasteiger partial charge in [0.2, 0.25) is 0 Å². The Morgan fingerprint density at radius 3 is 2.46 bits per heavy atom.